The van der Waals surface area contributed by atoms with E-state index in [0.29, 0.717) is 37.8 Å². The first-order valence-corrected chi connectivity index (χ1v) is 9.23. The normalized spacial score (nSPS) is 14.8. The zero-order valence-corrected chi connectivity index (χ0v) is 15.9. The van der Waals surface area contributed by atoms with Gasteiger partial charge in [0, 0.05) is 37.9 Å². The second-order valence-corrected chi connectivity index (χ2v) is 6.75. The van der Waals surface area contributed by atoms with Crippen molar-refractivity contribution >= 4 is 17.8 Å². The fraction of sp³-hybridized carbons (Fsp3) is 0.300. The first kappa shape index (κ1) is 18.0. The summed E-state index contributed by atoms with van der Waals surface area (Å²) in [5, 5.41) is 13.1. The number of carbonyl (C=O) groups is 1. The number of hydrogen-bond acceptors (Lipinski definition) is 6. The molecule has 8 nitrogen and oxygen atoms in total. The van der Waals surface area contributed by atoms with Crippen LogP contribution in [0.25, 0.3) is 11.9 Å². The maximum Gasteiger partial charge on any atom is 0.246 e. The minimum atomic E-state index is -0.0120. The van der Waals surface area contributed by atoms with Crippen LogP contribution in [0.4, 0.5) is 5.82 Å². The minimum absolute atomic E-state index is 0.0120. The van der Waals surface area contributed by atoms with Gasteiger partial charge in [-0.15, -0.1) is 10.2 Å². The van der Waals surface area contributed by atoms with Crippen molar-refractivity contribution in [3.63, 3.8) is 0 Å². The van der Waals surface area contributed by atoms with Crippen molar-refractivity contribution in [3.8, 4) is 5.82 Å². The van der Waals surface area contributed by atoms with Gasteiger partial charge in [-0.3, -0.25) is 4.79 Å². The Hall–Kier alpha value is -3.42. The van der Waals surface area contributed by atoms with Crippen LogP contribution < -0.4 is 4.90 Å². The molecule has 0 N–H and O–H groups in total. The lowest BCUT2D eigenvalue weighted by Crippen LogP contribution is -2.48. The van der Waals surface area contributed by atoms with Crippen molar-refractivity contribution in [1.82, 2.24) is 24.9 Å². The summed E-state index contributed by atoms with van der Waals surface area (Å²) >= 11 is 0. The van der Waals surface area contributed by atoms with E-state index in [0.717, 1.165) is 17.2 Å². The summed E-state index contributed by atoms with van der Waals surface area (Å²) in [7, 11) is 0. The second-order valence-electron chi connectivity index (χ2n) is 6.75. The maximum absolute atomic E-state index is 12.3. The van der Waals surface area contributed by atoms with Gasteiger partial charge >= 0.3 is 0 Å². The molecule has 8 heteroatoms. The van der Waals surface area contributed by atoms with E-state index in [4.69, 9.17) is 4.42 Å². The van der Waals surface area contributed by atoms with Crippen LogP contribution in [-0.4, -0.2) is 57.0 Å². The zero-order chi connectivity index (χ0) is 19.5. The highest BCUT2D eigenvalue weighted by Gasteiger charge is 2.21. The predicted octanol–water partition coefficient (Wildman–Crippen LogP) is 2.23. The Balaban J connectivity index is 1.36. The van der Waals surface area contributed by atoms with Gasteiger partial charge in [0.25, 0.3) is 0 Å². The summed E-state index contributed by atoms with van der Waals surface area (Å²) in [6, 6.07) is 9.49. The molecule has 1 amide bonds. The van der Waals surface area contributed by atoms with E-state index in [1.807, 2.05) is 43.0 Å². The molecule has 1 aliphatic rings. The number of furan rings is 1. The molecule has 1 aliphatic heterocycles. The van der Waals surface area contributed by atoms with Gasteiger partial charge in [0.1, 0.15) is 5.76 Å². The average Bonchev–Trinajstić information content (AvgIpc) is 3.35. The van der Waals surface area contributed by atoms with E-state index in [1.165, 1.54) is 0 Å². The molecular weight excluding hydrogens is 356 g/mol. The molecule has 1 saturated heterocycles. The molecule has 0 aromatic carbocycles. The first-order chi connectivity index (χ1) is 13.6. The molecule has 0 aliphatic carbocycles. The number of nitrogens with zero attached hydrogens (tertiary/aromatic N) is 6. The highest BCUT2D eigenvalue weighted by Crippen LogP contribution is 2.16. The van der Waals surface area contributed by atoms with Gasteiger partial charge in [-0.25, -0.2) is 4.68 Å². The lowest BCUT2D eigenvalue weighted by Gasteiger charge is -2.34. The van der Waals surface area contributed by atoms with Crippen molar-refractivity contribution in [1.29, 1.82) is 0 Å². The third kappa shape index (κ3) is 3.80. The number of aryl methyl sites for hydroxylation is 2. The van der Waals surface area contributed by atoms with Crippen molar-refractivity contribution in [2.24, 2.45) is 0 Å². The predicted molar refractivity (Wildman–Crippen MR) is 105 cm³/mol. The number of amides is 1. The van der Waals surface area contributed by atoms with Crippen molar-refractivity contribution in [3.05, 3.63) is 59.8 Å². The van der Waals surface area contributed by atoms with Crippen molar-refractivity contribution < 1.29 is 9.21 Å². The van der Waals surface area contributed by atoms with Crippen LogP contribution in [0.15, 0.2) is 47.1 Å². The Morgan fingerprint density at radius 3 is 2.43 bits per heavy atom. The van der Waals surface area contributed by atoms with E-state index >= 15 is 0 Å². The molecule has 3 aromatic heterocycles. The molecule has 3 aromatic rings. The third-order valence-corrected chi connectivity index (χ3v) is 4.71. The van der Waals surface area contributed by atoms with E-state index in [2.05, 4.69) is 20.2 Å². The molecule has 0 saturated carbocycles. The van der Waals surface area contributed by atoms with Gasteiger partial charge in [0.15, 0.2) is 11.6 Å². The molecular formula is C20H22N6O2. The molecule has 144 valence electrons. The molecule has 1 fully saturated rings. The van der Waals surface area contributed by atoms with Crippen LogP contribution in [0, 0.1) is 13.8 Å². The van der Waals surface area contributed by atoms with E-state index in [1.54, 1.807) is 29.2 Å². The van der Waals surface area contributed by atoms with Gasteiger partial charge in [-0.2, -0.15) is 5.10 Å². The average molecular weight is 378 g/mol. The second kappa shape index (κ2) is 7.67. The third-order valence-electron chi connectivity index (χ3n) is 4.71. The molecule has 0 bridgehead atoms. The summed E-state index contributed by atoms with van der Waals surface area (Å²) in [6.07, 6.45) is 4.83. The molecule has 0 unspecified atom stereocenters. The first-order valence-electron chi connectivity index (χ1n) is 9.23. The van der Waals surface area contributed by atoms with Gasteiger partial charge in [-0.1, -0.05) is 0 Å². The minimum Gasteiger partial charge on any atom is -0.465 e. The van der Waals surface area contributed by atoms with Gasteiger partial charge in [0.2, 0.25) is 5.91 Å². The maximum atomic E-state index is 12.3. The Bertz CT molecular complexity index is 967. The Kier molecular flexibility index (Phi) is 4.92. The van der Waals surface area contributed by atoms with Crippen molar-refractivity contribution in [2.75, 3.05) is 31.1 Å². The van der Waals surface area contributed by atoms with Crippen LogP contribution in [0.2, 0.25) is 0 Å². The van der Waals surface area contributed by atoms with Crippen LogP contribution >= 0.6 is 0 Å². The topological polar surface area (TPSA) is 80.3 Å². The van der Waals surface area contributed by atoms with E-state index in [9.17, 15) is 4.79 Å². The lowest BCUT2D eigenvalue weighted by atomic mass is 10.3. The number of carbonyl (C=O) groups excluding carboxylic acids is 1. The molecule has 0 atom stereocenters. The van der Waals surface area contributed by atoms with Crippen LogP contribution in [0.1, 0.15) is 17.1 Å². The Morgan fingerprint density at radius 2 is 1.82 bits per heavy atom. The fourth-order valence-corrected chi connectivity index (χ4v) is 3.26. The molecule has 28 heavy (non-hydrogen) atoms. The SMILES string of the molecule is Cc1cc(C)n(-c2ccc(N3CCN(C(=O)C=Cc4ccco4)CC3)nn2)n1. The highest BCUT2D eigenvalue weighted by molar-refractivity contribution is 5.91. The summed E-state index contributed by atoms with van der Waals surface area (Å²) in [6.45, 7) is 6.66. The number of aromatic nitrogens is 4. The number of piperazine rings is 1. The van der Waals surface area contributed by atoms with Crippen LogP contribution in [0.3, 0.4) is 0 Å². The lowest BCUT2D eigenvalue weighted by molar-refractivity contribution is -0.126. The number of rotatable bonds is 4. The molecule has 4 heterocycles. The quantitative estimate of drug-likeness (QED) is 0.648. The molecule has 0 spiro atoms. The van der Waals surface area contributed by atoms with Crippen LogP contribution in [-0.2, 0) is 4.79 Å². The summed E-state index contributed by atoms with van der Waals surface area (Å²) in [5.41, 5.74) is 1.97. The van der Waals surface area contributed by atoms with Crippen molar-refractivity contribution in [2.45, 2.75) is 13.8 Å². The summed E-state index contributed by atoms with van der Waals surface area (Å²) < 4.78 is 6.99. The van der Waals surface area contributed by atoms with Crippen LogP contribution in [0.5, 0.6) is 0 Å². The highest BCUT2D eigenvalue weighted by atomic mass is 16.3. The van der Waals surface area contributed by atoms with E-state index < -0.39 is 0 Å². The monoisotopic (exact) mass is 378 g/mol. The van der Waals surface area contributed by atoms with Gasteiger partial charge in [0.05, 0.1) is 12.0 Å². The smallest absolute Gasteiger partial charge is 0.246 e. The summed E-state index contributed by atoms with van der Waals surface area (Å²) in [5.74, 6) is 2.17. The molecule has 4 rings (SSSR count). The largest absolute Gasteiger partial charge is 0.465 e. The standard InChI is InChI=1S/C20H22N6O2/c1-15-14-16(2)26(23-15)19-7-6-18(21-22-19)24-9-11-25(12-10-24)20(27)8-5-17-4-3-13-28-17/h3-8,13-14H,9-12H2,1-2H3. The van der Waals surface area contributed by atoms with Gasteiger partial charge in [-0.05, 0) is 50.3 Å². The Morgan fingerprint density at radius 1 is 1.07 bits per heavy atom. The number of hydrogen-bond donors (Lipinski definition) is 0. The Labute approximate surface area is 163 Å². The summed E-state index contributed by atoms with van der Waals surface area (Å²) in [4.78, 5) is 16.3. The number of anilines is 1. The zero-order valence-electron chi connectivity index (χ0n) is 15.9. The molecule has 0 radical (unpaired) electrons. The van der Waals surface area contributed by atoms with E-state index in [-0.39, 0.29) is 5.91 Å². The fourth-order valence-electron chi connectivity index (χ4n) is 3.26. The van der Waals surface area contributed by atoms with Gasteiger partial charge < -0.3 is 14.2 Å².